The molecule has 1 unspecified atom stereocenters. The minimum absolute atomic E-state index is 0.0642. The van der Waals surface area contributed by atoms with Crippen molar-refractivity contribution in [2.24, 2.45) is 5.41 Å². The van der Waals surface area contributed by atoms with Gasteiger partial charge in [0.15, 0.2) is 5.78 Å². The summed E-state index contributed by atoms with van der Waals surface area (Å²) in [5, 5.41) is 6.80. The molecule has 2 aliphatic rings. The molecule has 2 N–H and O–H groups in total. The molecular weight excluding hydrogens is 398 g/mol. The SMILES string of the molecule is CC1=C(C(=O)Nc2ccccn2)C(c2cccc(Cl)c2)C2=C(CC(C)(C)CC2=O)N1. The lowest BCUT2D eigenvalue weighted by molar-refractivity contribution is -0.118. The van der Waals surface area contributed by atoms with Crippen molar-refractivity contribution in [1.82, 2.24) is 10.3 Å². The molecule has 1 aromatic carbocycles. The Balaban J connectivity index is 1.82. The van der Waals surface area contributed by atoms with Gasteiger partial charge >= 0.3 is 0 Å². The molecular formula is C24H24ClN3O2. The van der Waals surface area contributed by atoms with Crippen molar-refractivity contribution in [3.8, 4) is 0 Å². The number of Topliss-reactive ketones (excluding diaryl/α,β-unsaturated/α-hetero) is 1. The largest absolute Gasteiger partial charge is 0.362 e. The summed E-state index contributed by atoms with van der Waals surface area (Å²) < 4.78 is 0. The fourth-order valence-corrected chi connectivity index (χ4v) is 4.58. The van der Waals surface area contributed by atoms with E-state index >= 15 is 0 Å². The maximum atomic E-state index is 13.3. The molecule has 0 radical (unpaired) electrons. The van der Waals surface area contributed by atoms with E-state index in [1.54, 1.807) is 24.4 Å². The molecule has 1 atom stereocenters. The number of amides is 1. The zero-order valence-electron chi connectivity index (χ0n) is 17.3. The van der Waals surface area contributed by atoms with Gasteiger partial charge in [-0.15, -0.1) is 0 Å². The Morgan fingerprint density at radius 1 is 1.20 bits per heavy atom. The van der Waals surface area contributed by atoms with E-state index in [2.05, 4.69) is 29.5 Å². The number of nitrogens with zero attached hydrogens (tertiary/aromatic N) is 1. The summed E-state index contributed by atoms with van der Waals surface area (Å²) in [7, 11) is 0. The van der Waals surface area contributed by atoms with Crippen LogP contribution in [0.25, 0.3) is 0 Å². The molecule has 0 fully saturated rings. The first-order chi connectivity index (χ1) is 14.2. The van der Waals surface area contributed by atoms with Gasteiger partial charge in [-0.1, -0.05) is 43.6 Å². The van der Waals surface area contributed by atoms with E-state index in [9.17, 15) is 9.59 Å². The molecule has 0 saturated carbocycles. The Kier molecular flexibility index (Phi) is 5.24. The minimum Gasteiger partial charge on any atom is -0.362 e. The summed E-state index contributed by atoms with van der Waals surface area (Å²) in [5.74, 6) is -0.238. The summed E-state index contributed by atoms with van der Waals surface area (Å²) in [6.07, 6.45) is 2.81. The summed E-state index contributed by atoms with van der Waals surface area (Å²) in [6, 6.07) is 12.7. The van der Waals surface area contributed by atoms with Crippen LogP contribution in [-0.4, -0.2) is 16.7 Å². The normalized spacial score (nSPS) is 20.5. The van der Waals surface area contributed by atoms with Crippen molar-refractivity contribution in [3.63, 3.8) is 0 Å². The third kappa shape index (κ3) is 3.90. The molecule has 5 nitrogen and oxygen atoms in total. The van der Waals surface area contributed by atoms with E-state index in [0.717, 1.165) is 23.4 Å². The summed E-state index contributed by atoms with van der Waals surface area (Å²) in [6.45, 7) is 6.06. The number of benzene rings is 1. The highest BCUT2D eigenvalue weighted by Crippen LogP contribution is 2.46. The molecule has 0 bridgehead atoms. The zero-order valence-corrected chi connectivity index (χ0v) is 18.0. The van der Waals surface area contributed by atoms with Crippen molar-refractivity contribution in [2.75, 3.05) is 5.32 Å². The molecule has 1 amide bonds. The number of nitrogens with one attached hydrogen (secondary N) is 2. The topological polar surface area (TPSA) is 71.1 Å². The number of carbonyl (C=O) groups excluding carboxylic acids is 2. The number of dihydropyridines is 1. The van der Waals surface area contributed by atoms with E-state index in [1.807, 2.05) is 31.2 Å². The molecule has 154 valence electrons. The molecule has 1 aromatic heterocycles. The van der Waals surface area contributed by atoms with Gasteiger partial charge in [0, 0.05) is 46.1 Å². The number of halogens is 1. The molecule has 6 heteroatoms. The fraction of sp³-hybridized carbons (Fsp3) is 0.292. The van der Waals surface area contributed by atoms with Crippen LogP contribution in [0.5, 0.6) is 0 Å². The maximum absolute atomic E-state index is 13.3. The van der Waals surface area contributed by atoms with Crippen LogP contribution in [0.3, 0.4) is 0 Å². The smallest absolute Gasteiger partial charge is 0.255 e. The van der Waals surface area contributed by atoms with E-state index in [-0.39, 0.29) is 17.1 Å². The number of hydrogen-bond donors (Lipinski definition) is 2. The number of allylic oxidation sites excluding steroid dienone is 3. The third-order valence-corrected chi connectivity index (χ3v) is 5.81. The Bertz CT molecular complexity index is 1090. The number of aromatic nitrogens is 1. The van der Waals surface area contributed by atoms with Gasteiger partial charge in [-0.3, -0.25) is 9.59 Å². The Hall–Kier alpha value is -2.92. The van der Waals surface area contributed by atoms with Gasteiger partial charge in [-0.05, 0) is 48.6 Å². The van der Waals surface area contributed by atoms with Gasteiger partial charge in [0.1, 0.15) is 5.82 Å². The number of carbonyl (C=O) groups is 2. The van der Waals surface area contributed by atoms with Crippen molar-refractivity contribution in [2.45, 2.75) is 39.5 Å². The Morgan fingerprint density at radius 3 is 2.70 bits per heavy atom. The van der Waals surface area contributed by atoms with Crippen molar-refractivity contribution >= 4 is 29.1 Å². The van der Waals surface area contributed by atoms with E-state index in [1.165, 1.54) is 0 Å². The van der Waals surface area contributed by atoms with Crippen molar-refractivity contribution < 1.29 is 9.59 Å². The van der Waals surface area contributed by atoms with E-state index in [0.29, 0.717) is 28.4 Å². The lowest BCUT2D eigenvalue weighted by Crippen LogP contribution is -2.39. The first-order valence-corrected chi connectivity index (χ1v) is 10.3. The zero-order chi connectivity index (χ0) is 21.5. The predicted octanol–water partition coefficient (Wildman–Crippen LogP) is 4.98. The summed E-state index contributed by atoms with van der Waals surface area (Å²) >= 11 is 6.27. The second-order valence-electron chi connectivity index (χ2n) is 8.65. The van der Waals surface area contributed by atoms with E-state index < -0.39 is 5.92 Å². The first kappa shape index (κ1) is 20.4. The Labute approximate surface area is 181 Å². The second kappa shape index (κ2) is 7.73. The highest BCUT2D eigenvalue weighted by molar-refractivity contribution is 6.30. The summed E-state index contributed by atoms with van der Waals surface area (Å²) in [5.41, 5.74) is 3.50. The van der Waals surface area contributed by atoms with Gasteiger partial charge in [0.05, 0.1) is 0 Å². The lowest BCUT2D eigenvalue weighted by Gasteiger charge is -2.39. The number of hydrogen-bond acceptors (Lipinski definition) is 4. The fourth-order valence-electron chi connectivity index (χ4n) is 4.38. The molecule has 0 saturated heterocycles. The quantitative estimate of drug-likeness (QED) is 0.733. The van der Waals surface area contributed by atoms with Gasteiger partial charge in [-0.2, -0.15) is 0 Å². The van der Waals surface area contributed by atoms with Crippen LogP contribution in [0.1, 0.15) is 45.1 Å². The first-order valence-electron chi connectivity index (χ1n) is 9.97. The molecule has 1 aliphatic carbocycles. The van der Waals surface area contributed by atoms with Gasteiger partial charge in [0.25, 0.3) is 5.91 Å². The van der Waals surface area contributed by atoms with Crippen molar-refractivity contribution in [1.29, 1.82) is 0 Å². The van der Waals surface area contributed by atoms with Crippen LogP contribution < -0.4 is 10.6 Å². The van der Waals surface area contributed by atoms with Gasteiger partial charge in [-0.25, -0.2) is 4.98 Å². The van der Waals surface area contributed by atoms with Crippen molar-refractivity contribution in [3.05, 3.63) is 81.8 Å². The molecule has 4 rings (SSSR count). The summed E-state index contributed by atoms with van der Waals surface area (Å²) in [4.78, 5) is 30.8. The Morgan fingerprint density at radius 2 is 2.00 bits per heavy atom. The van der Waals surface area contributed by atoms with Crippen LogP contribution in [0.4, 0.5) is 5.82 Å². The molecule has 2 heterocycles. The molecule has 1 aliphatic heterocycles. The lowest BCUT2D eigenvalue weighted by atomic mass is 9.68. The standard InChI is InChI=1S/C24H24ClN3O2/c1-14-20(23(30)28-19-9-4-5-10-26-19)21(15-7-6-8-16(25)11-15)22-17(27-14)12-24(2,3)13-18(22)29/h4-11,21,27H,12-13H2,1-3H3,(H,26,28,30). The van der Waals surface area contributed by atoms with Gasteiger partial charge in [0.2, 0.25) is 0 Å². The predicted molar refractivity (Wildman–Crippen MR) is 118 cm³/mol. The number of ketones is 1. The highest BCUT2D eigenvalue weighted by atomic mass is 35.5. The van der Waals surface area contributed by atoms with Crippen LogP contribution in [0, 0.1) is 5.41 Å². The monoisotopic (exact) mass is 421 g/mol. The molecule has 0 spiro atoms. The minimum atomic E-state index is -0.479. The highest BCUT2D eigenvalue weighted by Gasteiger charge is 2.42. The van der Waals surface area contributed by atoms with Gasteiger partial charge < -0.3 is 10.6 Å². The average molecular weight is 422 g/mol. The van der Waals surface area contributed by atoms with Crippen LogP contribution in [-0.2, 0) is 9.59 Å². The van der Waals surface area contributed by atoms with Crippen LogP contribution in [0.15, 0.2) is 71.2 Å². The van der Waals surface area contributed by atoms with Crippen LogP contribution >= 0.6 is 11.6 Å². The maximum Gasteiger partial charge on any atom is 0.255 e. The molecule has 2 aromatic rings. The van der Waals surface area contributed by atoms with Crippen LogP contribution in [0.2, 0.25) is 5.02 Å². The number of anilines is 1. The number of pyridine rings is 1. The van der Waals surface area contributed by atoms with E-state index in [4.69, 9.17) is 11.6 Å². The molecule has 30 heavy (non-hydrogen) atoms. The average Bonchev–Trinajstić information content (AvgIpc) is 2.66. The second-order valence-corrected chi connectivity index (χ2v) is 9.09. The number of rotatable bonds is 3. The third-order valence-electron chi connectivity index (χ3n) is 5.57.